The number of methoxy groups -OCH3 is 1. The van der Waals surface area contributed by atoms with Gasteiger partial charge < -0.3 is 9.47 Å². The Labute approximate surface area is 76.7 Å². The lowest BCUT2D eigenvalue weighted by Gasteiger charge is -2.21. The second-order valence-corrected chi connectivity index (χ2v) is 4.00. The molecule has 3 rings (SSSR count). The van der Waals surface area contributed by atoms with Crippen molar-refractivity contribution in [2.75, 3.05) is 7.11 Å². The largest absolute Gasteiger partial charge is 0.501 e. The minimum atomic E-state index is 0.0775. The van der Waals surface area contributed by atoms with Gasteiger partial charge in [0.2, 0.25) is 0 Å². The Morgan fingerprint density at radius 2 is 2.08 bits per heavy atom. The molecule has 3 heteroatoms. The van der Waals surface area contributed by atoms with E-state index in [-0.39, 0.29) is 29.8 Å². The topological polar surface area (TPSA) is 35.5 Å². The van der Waals surface area contributed by atoms with Crippen LogP contribution in [0.2, 0.25) is 0 Å². The van der Waals surface area contributed by atoms with Crippen molar-refractivity contribution in [1.29, 1.82) is 0 Å². The molecular weight excluding hydrogens is 168 g/mol. The van der Waals surface area contributed by atoms with Crippen LogP contribution < -0.4 is 0 Å². The van der Waals surface area contributed by atoms with Gasteiger partial charge in [0.15, 0.2) is 5.78 Å². The molecule has 2 bridgehead atoms. The lowest BCUT2D eigenvalue weighted by atomic mass is 9.80. The predicted molar refractivity (Wildman–Crippen MR) is 45.0 cm³/mol. The first-order valence-corrected chi connectivity index (χ1v) is 4.76. The van der Waals surface area contributed by atoms with Crippen molar-refractivity contribution in [3.8, 4) is 0 Å². The van der Waals surface area contributed by atoms with E-state index in [1.54, 1.807) is 13.2 Å². The number of fused-ring (bicyclic) bond motifs is 5. The van der Waals surface area contributed by atoms with Crippen molar-refractivity contribution in [2.45, 2.75) is 25.0 Å². The van der Waals surface area contributed by atoms with Gasteiger partial charge in [-0.05, 0) is 12.8 Å². The first-order valence-electron chi connectivity index (χ1n) is 4.76. The fourth-order valence-corrected chi connectivity index (χ4v) is 2.93. The highest BCUT2D eigenvalue weighted by Gasteiger charge is 2.56. The number of rotatable bonds is 1. The summed E-state index contributed by atoms with van der Waals surface area (Å²) in [7, 11) is 1.63. The maximum atomic E-state index is 11.6. The molecule has 2 saturated heterocycles. The van der Waals surface area contributed by atoms with Gasteiger partial charge in [-0.3, -0.25) is 4.79 Å². The smallest absolute Gasteiger partial charge is 0.165 e. The van der Waals surface area contributed by atoms with Crippen LogP contribution in [0.15, 0.2) is 11.8 Å². The summed E-state index contributed by atoms with van der Waals surface area (Å²) in [4.78, 5) is 11.6. The number of carbonyl (C=O) groups excluding carboxylic acids is 1. The Morgan fingerprint density at radius 3 is 2.77 bits per heavy atom. The maximum Gasteiger partial charge on any atom is 0.165 e. The summed E-state index contributed by atoms with van der Waals surface area (Å²) in [6.45, 7) is 0. The Bertz CT molecular complexity index is 295. The van der Waals surface area contributed by atoms with Crippen molar-refractivity contribution in [3.63, 3.8) is 0 Å². The summed E-state index contributed by atoms with van der Waals surface area (Å²) in [5, 5.41) is 0. The van der Waals surface area contributed by atoms with Crippen LogP contribution in [0.5, 0.6) is 0 Å². The van der Waals surface area contributed by atoms with Crippen molar-refractivity contribution >= 4 is 5.78 Å². The zero-order valence-electron chi connectivity index (χ0n) is 7.53. The molecule has 0 amide bonds. The number of allylic oxidation sites excluding steroid dienone is 1. The second-order valence-electron chi connectivity index (χ2n) is 4.00. The first-order chi connectivity index (χ1) is 6.31. The van der Waals surface area contributed by atoms with Gasteiger partial charge in [-0.2, -0.15) is 0 Å². The molecule has 2 aliphatic heterocycles. The molecule has 0 aromatic carbocycles. The van der Waals surface area contributed by atoms with E-state index in [2.05, 4.69) is 0 Å². The summed E-state index contributed by atoms with van der Waals surface area (Å²) in [5.41, 5.74) is 0. The molecule has 1 aliphatic carbocycles. The Hall–Kier alpha value is -0.830. The van der Waals surface area contributed by atoms with E-state index in [1.807, 2.05) is 0 Å². The summed E-state index contributed by atoms with van der Waals surface area (Å²) < 4.78 is 10.9. The third-order valence-electron chi connectivity index (χ3n) is 3.45. The third-order valence-corrected chi connectivity index (χ3v) is 3.45. The molecule has 0 spiro atoms. The molecule has 0 N–H and O–H groups in total. The van der Waals surface area contributed by atoms with Gasteiger partial charge in [-0.1, -0.05) is 0 Å². The quantitative estimate of drug-likeness (QED) is 0.601. The molecule has 70 valence electrons. The van der Waals surface area contributed by atoms with E-state index >= 15 is 0 Å². The van der Waals surface area contributed by atoms with Gasteiger partial charge in [0.05, 0.1) is 31.2 Å². The lowest BCUT2D eigenvalue weighted by molar-refractivity contribution is -0.119. The highest BCUT2D eigenvalue weighted by Crippen LogP contribution is 2.50. The molecule has 0 radical (unpaired) electrons. The maximum absolute atomic E-state index is 11.6. The van der Waals surface area contributed by atoms with Gasteiger partial charge in [0.25, 0.3) is 0 Å². The summed E-state index contributed by atoms with van der Waals surface area (Å²) in [6.07, 6.45) is 4.20. The van der Waals surface area contributed by atoms with Gasteiger partial charge >= 0.3 is 0 Å². The molecule has 0 aromatic rings. The van der Waals surface area contributed by atoms with Crippen molar-refractivity contribution in [1.82, 2.24) is 0 Å². The van der Waals surface area contributed by atoms with E-state index in [4.69, 9.17) is 9.47 Å². The van der Waals surface area contributed by atoms with E-state index < -0.39 is 0 Å². The van der Waals surface area contributed by atoms with Crippen molar-refractivity contribution < 1.29 is 14.3 Å². The van der Waals surface area contributed by atoms with Crippen LogP contribution >= 0.6 is 0 Å². The zero-order chi connectivity index (χ0) is 9.00. The van der Waals surface area contributed by atoms with Crippen LogP contribution in [-0.2, 0) is 14.3 Å². The van der Waals surface area contributed by atoms with Crippen LogP contribution in [0.4, 0.5) is 0 Å². The Morgan fingerprint density at radius 1 is 1.38 bits per heavy atom. The Kier molecular flexibility index (Phi) is 1.37. The van der Waals surface area contributed by atoms with E-state index in [1.165, 1.54) is 0 Å². The van der Waals surface area contributed by atoms with Gasteiger partial charge in [0, 0.05) is 6.08 Å². The molecule has 3 aliphatic rings. The van der Waals surface area contributed by atoms with Gasteiger partial charge in [-0.15, -0.1) is 0 Å². The standard InChI is InChI=1S/C10H12O3/c1-12-8-4-5(11)9-6-2-3-7(13-6)10(8)9/h4,6-7,9-10H,2-3H2,1H3/t6-,7-,9-,10+/m1/s1. The number of carbonyl (C=O) groups is 1. The fourth-order valence-electron chi connectivity index (χ4n) is 2.93. The van der Waals surface area contributed by atoms with E-state index in [0.717, 1.165) is 18.6 Å². The van der Waals surface area contributed by atoms with Crippen LogP contribution in [0.3, 0.4) is 0 Å². The SMILES string of the molecule is COC1=CC(=O)[C@H]2[C@H]1[C@H]1CC[C@H]2O1. The lowest BCUT2D eigenvalue weighted by Crippen LogP contribution is -2.29. The van der Waals surface area contributed by atoms with Crippen molar-refractivity contribution in [3.05, 3.63) is 11.8 Å². The van der Waals surface area contributed by atoms with E-state index in [0.29, 0.717) is 0 Å². The van der Waals surface area contributed by atoms with Gasteiger partial charge in [-0.25, -0.2) is 0 Å². The molecule has 4 atom stereocenters. The van der Waals surface area contributed by atoms with Crippen molar-refractivity contribution in [2.24, 2.45) is 11.8 Å². The van der Waals surface area contributed by atoms with Crippen LogP contribution in [0.25, 0.3) is 0 Å². The summed E-state index contributed by atoms with van der Waals surface area (Å²) >= 11 is 0. The number of ether oxygens (including phenoxy) is 2. The van der Waals surface area contributed by atoms with Crippen LogP contribution in [0, 0.1) is 11.8 Å². The minimum absolute atomic E-state index is 0.0775. The molecule has 2 fully saturated rings. The summed E-state index contributed by atoms with van der Waals surface area (Å²) in [5.74, 6) is 1.35. The highest BCUT2D eigenvalue weighted by molar-refractivity contribution is 5.96. The number of hydrogen-bond acceptors (Lipinski definition) is 3. The molecule has 2 heterocycles. The molecule has 3 nitrogen and oxygen atoms in total. The molecule has 0 unspecified atom stereocenters. The third kappa shape index (κ3) is 0.804. The Balaban J connectivity index is 1.98. The predicted octanol–water partition coefficient (Wildman–Crippen LogP) is 0.893. The normalized spacial score (nSPS) is 46.5. The van der Waals surface area contributed by atoms with Gasteiger partial charge in [0.1, 0.15) is 5.76 Å². The average Bonchev–Trinajstić information content (AvgIpc) is 2.76. The average molecular weight is 180 g/mol. The minimum Gasteiger partial charge on any atom is -0.501 e. The first kappa shape index (κ1) is 7.56. The molecule has 0 aromatic heterocycles. The highest BCUT2D eigenvalue weighted by atomic mass is 16.5. The second kappa shape index (κ2) is 2.35. The fraction of sp³-hybridized carbons (Fsp3) is 0.700. The molecular formula is C10H12O3. The molecule has 13 heavy (non-hydrogen) atoms. The molecule has 0 saturated carbocycles. The monoisotopic (exact) mass is 180 g/mol. The number of ketones is 1. The van der Waals surface area contributed by atoms with Crippen LogP contribution in [0.1, 0.15) is 12.8 Å². The summed E-state index contributed by atoms with van der Waals surface area (Å²) in [6, 6.07) is 0. The number of hydrogen-bond donors (Lipinski definition) is 0. The van der Waals surface area contributed by atoms with Crippen LogP contribution in [-0.4, -0.2) is 25.1 Å². The zero-order valence-corrected chi connectivity index (χ0v) is 7.53. The van der Waals surface area contributed by atoms with E-state index in [9.17, 15) is 4.79 Å².